The maximum atomic E-state index is 13.9. The van der Waals surface area contributed by atoms with Gasteiger partial charge < -0.3 is 4.74 Å². The Labute approximate surface area is 171 Å². The molecule has 2 aliphatic carbocycles. The second kappa shape index (κ2) is 10.5. The van der Waals surface area contributed by atoms with Crippen molar-refractivity contribution in [3.8, 4) is 5.75 Å². The van der Waals surface area contributed by atoms with Gasteiger partial charge in [0.05, 0.1) is 0 Å². The Balaban J connectivity index is 1.43. The van der Waals surface area contributed by atoms with Crippen LogP contribution in [-0.2, 0) is 6.42 Å². The first-order chi connectivity index (χ1) is 14.0. The number of allylic oxidation sites excluding steroid dienone is 1. The highest BCUT2D eigenvalue weighted by Crippen LogP contribution is 2.42. The Morgan fingerprint density at radius 2 is 1.41 bits per heavy atom. The fourth-order valence-corrected chi connectivity index (χ4v) is 5.41. The van der Waals surface area contributed by atoms with E-state index in [9.17, 15) is 17.6 Å². The second-order valence-electron chi connectivity index (χ2n) is 8.89. The highest BCUT2D eigenvalue weighted by atomic mass is 19.3. The molecule has 2 fully saturated rings. The maximum absolute atomic E-state index is 13.9. The zero-order valence-electron chi connectivity index (χ0n) is 17.0. The highest BCUT2D eigenvalue weighted by molar-refractivity contribution is 5.31. The third-order valence-electron chi connectivity index (χ3n) is 7.06. The number of halogens is 4. The van der Waals surface area contributed by atoms with Gasteiger partial charge in [0.2, 0.25) is 0 Å². The van der Waals surface area contributed by atoms with Crippen molar-refractivity contribution in [3.63, 3.8) is 0 Å². The molecule has 0 aromatic heterocycles. The van der Waals surface area contributed by atoms with Crippen LogP contribution in [-0.4, -0.2) is 6.61 Å². The van der Waals surface area contributed by atoms with Crippen LogP contribution < -0.4 is 4.74 Å². The van der Waals surface area contributed by atoms with Crippen LogP contribution in [0.1, 0.15) is 69.8 Å². The van der Waals surface area contributed by atoms with E-state index in [2.05, 4.69) is 11.3 Å². The zero-order valence-corrected chi connectivity index (χ0v) is 17.0. The van der Waals surface area contributed by atoms with E-state index in [0.717, 1.165) is 42.7 Å². The molecule has 3 rings (SSSR count). The van der Waals surface area contributed by atoms with Gasteiger partial charge in [-0.05, 0) is 99.2 Å². The summed E-state index contributed by atoms with van der Waals surface area (Å²) < 4.78 is 56.1. The quantitative estimate of drug-likeness (QED) is 0.314. The first kappa shape index (κ1) is 22.2. The van der Waals surface area contributed by atoms with Crippen LogP contribution in [0.4, 0.5) is 17.6 Å². The topological polar surface area (TPSA) is 9.23 Å². The van der Waals surface area contributed by atoms with Crippen LogP contribution in [0, 0.1) is 35.3 Å². The molecular formula is C24H32F4O. The summed E-state index contributed by atoms with van der Waals surface area (Å²) in [5.41, 5.74) is 0.504. The molecule has 0 amide bonds. The molecule has 29 heavy (non-hydrogen) atoms. The highest BCUT2D eigenvalue weighted by Gasteiger charge is 2.30. The number of alkyl halides is 2. The van der Waals surface area contributed by atoms with Crippen molar-refractivity contribution in [1.82, 2.24) is 0 Å². The van der Waals surface area contributed by atoms with Gasteiger partial charge in [0, 0.05) is 0 Å². The molecule has 0 aliphatic heterocycles. The Morgan fingerprint density at radius 3 is 1.90 bits per heavy atom. The minimum Gasteiger partial charge on any atom is -0.429 e. The summed E-state index contributed by atoms with van der Waals surface area (Å²) in [6.45, 7) is 0.620. The zero-order chi connectivity index (χ0) is 20.8. The molecule has 0 radical (unpaired) electrons. The van der Waals surface area contributed by atoms with E-state index in [1.807, 2.05) is 6.08 Å². The number of ether oxygens (including phenoxy) is 1. The summed E-state index contributed by atoms with van der Waals surface area (Å²) >= 11 is 0. The van der Waals surface area contributed by atoms with E-state index >= 15 is 0 Å². The molecule has 0 unspecified atom stereocenters. The van der Waals surface area contributed by atoms with E-state index in [1.54, 1.807) is 0 Å². The average molecular weight is 413 g/mol. The van der Waals surface area contributed by atoms with Crippen LogP contribution >= 0.6 is 0 Å². The van der Waals surface area contributed by atoms with Gasteiger partial charge in [-0.25, -0.2) is 8.78 Å². The molecule has 0 saturated heterocycles. The van der Waals surface area contributed by atoms with Crippen molar-refractivity contribution < 1.29 is 22.3 Å². The number of hydrogen-bond donors (Lipinski definition) is 0. The van der Waals surface area contributed by atoms with Crippen LogP contribution in [0.3, 0.4) is 0 Å². The molecule has 5 heteroatoms. The van der Waals surface area contributed by atoms with Crippen molar-refractivity contribution in [3.05, 3.63) is 42.0 Å². The minimum atomic E-state index is -3.24. The molecule has 1 aromatic carbocycles. The van der Waals surface area contributed by atoms with E-state index < -0.39 is 24.0 Å². The van der Waals surface area contributed by atoms with Gasteiger partial charge in [0.1, 0.15) is 0 Å². The lowest BCUT2D eigenvalue weighted by atomic mass is 9.68. The van der Waals surface area contributed by atoms with Gasteiger partial charge in [-0.2, -0.15) is 8.78 Å². The van der Waals surface area contributed by atoms with Crippen molar-refractivity contribution in [2.75, 3.05) is 0 Å². The van der Waals surface area contributed by atoms with Gasteiger partial charge in [0.15, 0.2) is 17.4 Å². The summed E-state index contributed by atoms with van der Waals surface area (Å²) in [4.78, 5) is 0. The monoisotopic (exact) mass is 412 g/mol. The van der Waals surface area contributed by atoms with Crippen LogP contribution in [0.2, 0.25) is 0 Å². The molecule has 0 N–H and O–H groups in total. The summed E-state index contributed by atoms with van der Waals surface area (Å²) in [7, 11) is 0. The van der Waals surface area contributed by atoms with E-state index in [1.165, 1.54) is 51.4 Å². The molecule has 0 heterocycles. The van der Waals surface area contributed by atoms with Crippen molar-refractivity contribution in [2.45, 2.75) is 77.2 Å². The Hall–Kier alpha value is -1.52. The molecule has 1 aromatic rings. The summed E-state index contributed by atoms with van der Waals surface area (Å²) in [5.74, 6) is -0.0109. The first-order valence-electron chi connectivity index (χ1n) is 11.0. The predicted molar refractivity (Wildman–Crippen MR) is 107 cm³/mol. The maximum Gasteiger partial charge on any atom is 0.387 e. The third-order valence-corrected chi connectivity index (χ3v) is 7.06. The lowest BCUT2D eigenvalue weighted by molar-refractivity contribution is -0.0546. The number of rotatable bonds is 8. The Morgan fingerprint density at radius 1 is 0.897 bits per heavy atom. The van der Waals surface area contributed by atoms with E-state index in [0.29, 0.717) is 17.9 Å². The van der Waals surface area contributed by atoms with Crippen LogP contribution in [0.25, 0.3) is 0 Å². The second-order valence-corrected chi connectivity index (χ2v) is 8.89. The standard InChI is InChI=1S/C24H32F4O/c1-2-3-16-6-10-19(11-7-16)20-12-8-17(9-13-20)4-5-18-14-21(25)23(22(26)15-18)29-24(27)28/h2,14-17,19-20,24H,1,3-13H2/t16-,17-,19-,20-. The molecule has 0 atom stereocenters. The molecule has 2 aliphatic rings. The lowest BCUT2D eigenvalue weighted by Crippen LogP contribution is -2.26. The molecule has 162 valence electrons. The summed E-state index contributed by atoms with van der Waals surface area (Å²) in [5, 5.41) is 0. The van der Waals surface area contributed by atoms with Crippen molar-refractivity contribution in [1.29, 1.82) is 0 Å². The third kappa shape index (κ3) is 6.23. The minimum absolute atomic E-state index is 0.504. The normalized spacial score (nSPS) is 27.8. The summed E-state index contributed by atoms with van der Waals surface area (Å²) in [6, 6.07) is 2.24. The Bertz CT molecular complexity index is 636. The van der Waals surface area contributed by atoms with Gasteiger partial charge in [-0.3, -0.25) is 0 Å². The fourth-order valence-electron chi connectivity index (χ4n) is 5.41. The van der Waals surface area contributed by atoms with Crippen molar-refractivity contribution in [2.24, 2.45) is 23.7 Å². The molecule has 1 nitrogen and oxygen atoms in total. The number of aryl methyl sites for hydroxylation is 1. The lowest BCUT2D eigenvalue weighted by Gasteiger charge is -2.37. The van der Waals surface area contributed by atoms with Gasteiger partial charge in [-0.1, -0.05) is 18.9 Å². The van der Waals surface area contributed by atoms with Gasteiger partial charge in [-0.15, -0.1) is 6.58 Å². The largest absolute Gasteiger partial charge is 0.429 e. The molecule has 2 saturated carbocycles. The molecular weight excluding hydrogens is 380 g/mol. The predicted octanol–water partition coefficient (Wildman–Crippen LogP) is 7.69. The van der Waals surface area contributed by atoms with Gasteiger partial charge >= 0.3 is 6.61 Å². The van der Waals surface area contributed by atoms with Gasteiger partial charge in [0.25, 0.3) is 0 Å². The average Bonchev–Trinajstić information content (AvgIpc) is 2.70. The van der Waals surface area contributed by atoms with Crippen LogP contribution in [0.15, 0.2) is 24.8 Å². The number of benzene rings is 1. The fraction of sp³-hybridized carbons (Fsp3) is 0.667. The van der Waals surface area contributed by atoms with Crippen LogP contribution in [0.5, 0.6) is 5.75 Å². The summed E-state index contributed by atoms with van der Waals surface area (Å²) in [6.07, 6.45) is 14.9. The van der Waals surface area contributed by atoms with E-state index in [-0.39, 0.29) is 0 Å². The van der Waals surface area contributed by atoms with E-state index in [4.69, 9.17) is 0 Å². The SMILES string of the molecule is C=CC[C@H]1CC[C@H]([C@H]2CC[C@H](CCc3cc(F)c(OC(F)F)c(F)c3)CC2)CC1. The Kier molecular flexibility index (Phi) is 8.02. The molecule has 0 bridgehead atoms. The van der Waals surface area contributed by atoms with Crippen molar-refractivity contribution >= 4 is 0 Å². The first-order valence-corrected chi connectivity index (χ1v) is 11.0. The molecule has 0 spiro atoms. The smallest absolute Gasteiger partial charge is 0.387 e. The number of hydrogen-bond acceptors (Lipinski definition) is 1.